The summed E-state index contributed by atoms with van der Waals surface area (Å²) in [5, 5.41) is 8.25. The minimum Gasteiger partial charge on any atom is -0.448 e. The molecule has 0 aliphatic carbocycles. The first-order valence-corrected chi connectivity index (χ1v) is 10.1. The van der Waals surface area contributed by atoms with E-state index in [4.69, 9.17) is 4.74 Å². The maximum absolute atomic E-state index is 12.4. The summed E-state index contributed by atoms with van der Waals surface area (Å²) in [7, 11) is 0. The molecule has 0 fully saturated rings. The molecule has 0 spiro atoms. The second kappa shape index (κ2) is 9.34. The van der Waals surface area contributed by atoms with Crippen LogP contribution in [0.5, 0.6) is 0 Å². The van der Waals surface area contributed by atoms with Gasteiger partial charge in [-0.05, 0) is 37.5 Å². The first-order valence-electron chi connectivity index (χ1n) is 9.25. The number of ether oxygens (including phenoxy) is 1. The number of aromatic nitrogens is 1. The third kappa shape index (κ3) is 5.42. The smallest absolute Gasteiger partial charge is 0.358 e. The molecule has 0 saturated heterocycles. The van der Waals surface area contributed by atoms with Crippen LogP contribution in [-0.4, -0.2) is 23.0 Å². The maximum Gasteiger partial charge on any atom is 0.358 e. The molecule has 0 radical (unpaired) electrons. The molecule has 2 aromatic carbocycles. The van der Waals surface area contributed by atoms with E-state index in [9.17, 15) is 9.59 Å². The standard InChI is InChI=1S/C22H23N3O3S/c1-14-8-7-9-15(2)19(14)25-20(26)16(3)28-21(27)18-13-29-22(24-18)23-12-17-10-5-4-6-11-17/h4-11,13,16H,12H2,1-3H3,(H,23,24)(H,25,26)/t16-/m0/s1. The molecular weight excluding hydrogens is 386 g/mol. The molecule has 6 nitrogen and oxygen atoms in total. The normalized spacial score (nSPS) is 11.6. The van der Waals surface area contributed by atoms with Crippen molar-refractivity contribution in [2.24, 2.45) is 0 Å². The van der Waals surface area contributed by atoms with Crippen LogP contribution in [0.4, 0.5) is 10.8 Å². The molecule has 1 atom stereocenters. The summed E-state index contributed by atoms with van der Waals surface area (Å²) >= 11 is 1.32. The highest BCUT2D eigenvalue weighted by molar-refractivity contribution is 7.13. The van der Waals surface area contributed by atoms with Gasteiger partial charge < -0.3 is 15.4 Å². The van der Waals surface area contributed by atoms with Crippen LogP contribution in [0.1, 0.15) is 34.1 Å². The third-order valence-electron chi connectivity index (χ3n) is 4.38. The highest BCUT2D eigenvalue weighted by Crippen LogP contribution is 2.21. The molecule has 1 aromatic heterocycles. The number of para-hydroxylation sites is 1. The lowest BCUT2D eigenvalue weighted by atomic mass is 10.1. The van der Waals surface area contributed by atoms with Gasteiger partial charge in [0.2, 0.25) is 0 Å². The Labute approximate surface area is 173 Å². The van der Waals surface area contributed by atoms with E-state index in [0.717, 1.165) is 22.4 Å². The molecule has 1 heterocycles. The van der Waals surface area contributed by atoms with E-state index < -0.39 is 12.1 Å². The Balaban J connectivity index is 1.55. The summed E-state index contributed by atoms with van der Waals surface area (Å²) in [6.07, 6.45) is -0.941. The predicted octanol–water partition coefficient (Wildman–Crippen LogP) is 4.56. The van der Waals surface area contributed by atoms with E-state index in [1.807, 2.05) is 62.4 Å². The number of hydrogen-bond acceptors (Lipinski definition) is 6. The van der Waals surface area contributed by atoms with Crippen LogP contribution in [0.2, 0.25) is 0 Å². The van der Waals surface area contributed by atoms with E-state index in [1.54, 1.807) is 12.3 Å². The molecule has 7 heteroatoms. The number of thiazole rings is 1. The van der Waals surface area contributed by atoms with Crippen molar-refractivity contribution in [2.75, 3.05) is 10.6 Å². The summed E-state index contributed by atoms with van der Waals surface area (Å²) in [4.78, 5) is 29.0. The third-order valence-corrected chi connectivity index (χ3v) is 5.18. The van der Waals surface area contributed by atoms with Crippen molar-refractivity contribution in [3.05, 3.63) is 76.3 Å². The van der Waals surface area contributed by atoms with Crippen molar-refractivity contribution in [1.29, 1.82) is 0 Å². The lowest BCUT2D eigenvalue weighted by molar-refractivity contribution is -0.123. The van der Waals surface area contributed by atoms with Crippen molar-refractivity contribution in [1.82, 2.24) is 4.98 Å². The minimum absolute atomic E-state index is 0.178. The molecule has 29 heavy (non-hydrogen) atoms. The highest BCUT2D eigenvalue weighted by atomic mass is 32.1. The van der Waals surface area contributed by atoms with E-state index >= 15 is 0 Å². The van der Waals surface area contributed by atoms with Crippen LogP contribution in [0.25, 0.3) is 0 Å². The summed E-state index contributed by atoms with van der Waals surface area (Å²) in [5.74, 6) is -1.01. The first-order chi connectivity index (χ1) is 13.9. The zero-order valence-corrected chi connectivity index (χ0v) is 17.4. The SMILES string of the molecule is Cc1cccc(C)c1NC(=O)[C@H](C)OC(=O)c1csc(NCc2ccccc2)n1. The zero-order chi connectivity index (χ0) is 20.8. The molecule has 2 N–H and O–H groups in total. The van der Waals surface area contributed by atoms with E-state index in [2.05, 4.69) is 15.6 Å². The van der Waals surface area contributed by atoms with Gasteiger partial charge in [0.05, 0.1) is 0 Å². The fraction of sp³-hybridized carbons (Fsp3) is 0.227. The number of nitrogens with one attached hydrogen (secondary N) is 2. The fourth-order valence-electron chi connectivity index (χ4n) is 2.73. The Hall–Kier alpha value is -3.19. The molecule has 0 bridgehead atoms. The second-order valence-electron chi connectivity index (χ2n) is 6.68. The van der Waals surface area contributed by atoms with Crippen LogP contribution in [-0.2, 0) is 16.1 Å². The van der Waals surface area contributed by atoms with Crippen molar-refractivity contribution in [2.45, 2.75) is 33.4 Å². The van der Waals surface area contributed by atoms with E-state index in [-0.39, 0.29) is 11.6 Å². The van der Waals surface area contributed by atoms with Gasteiger partial charge >= 0.3 is 5.97 Å². The van der Waals surface area contributed by atoms with Crippen LogP contribution in [0, 0.1) is 13.8 Å². The number of aryl methyl sites for hydroxylation is 2. The van der Waals surface area contributed by atoms with Crippen molar-refractivity contribution < 1.29 is 14.3 Å². The molecule has 0 saturated carbocycles. The minimum atomic E-state index is -0.941. The first kappa shape index (κ1) is 20.5. The molecule has 0 unspecified atom stereocenters. The Bertz CT molecular complexity index is 981. The van der Waals surface area contributed by atoms with Crippen molar-refractivity contribution in [3.8, 4) is 0 Å². The zero-order valence-electron chi connectivity index (χ0n) is 16.6. The number of nitrogens with zero attached hydrogens (tertiary/aromatic N) is 1. The maximum atomic E-state index is 12.4. The number of hydrogen-bond donors (Lipinski definition) is 2. The number of esters is 1. The highest BCUT2D eigenvalue weighted by Gasteiger charge is 2.21. The summed E-state index contributed by atoms with van der Waals surface area (Å²) in [6, 6.07) is 15.7. The lowest BCUT2D eigenvalue weighted by Gasteiger charge is -2.15. The predicted molar refractivity (Wildman–Crippen MR) is 115 cm³/mol. The summed E-state index contributed by atoms with van der Waals surface area (Å²) in [6.45, 7) is 5.98. The summed E-state index contributed by atoms with van der Waals surface area (Å²) < 4.78 is 5.29. The van der Waals surface area contributed by atoms with Gasteiger partial charge in [-0.3, -0.25) is 4.79 Å². The Morgan fingerprint density at radius 3 is 2.45 bits per heavy atom. The Kier molecular flexibility index (Phi) is 6.61. The number of anilines is 2. The van der Waals surface area contributed by atoms with Gasteiger partial charge in [0, 0.05) is 17.6 Å². The van der Waals surface area contributed by atoms with Crippen LogP contribution in [0.3, 0.4) is 0 Å². The molecule has 0 aliphatic rings. The molecular formula is C22H23N3O3S. The quantitative estimate of drug-likeness (QED) is 0.559. The fourth-order valence-corrected chi connectivity index (χ4v) is 3.41. The Morgan fingerprint density at radius 1 is 1.07 bits per heavy atom. The van der Waals surface area contributed by atoms with Gasteiger partial charge in [0.25, 0.3) is 5.91 Å². The topological polar surface area (TPSA) is 80.3 Å². The Morgan fingerprint density at radius 2 is 1.76 bits per heavy atom. The van der Waals surface area contributed by atoms with Gasteiger partial charge in [0.1, 0.15) is 0 Å². The van der Waals surface area contributed by atoms with Crippen molar-refractivity contribution >= 4 is 34.0 Å². The molecule has 1 amide bonds. The number of rotatable bonds is 7. The number of carbonyl (C=O) groups excluding carboxylic acids is 2. The lowest BCUT2D eigenvalue weighted by Crippen LogP contribution is -2.30. The molecule has 3 rings (SSSR count). The van der Waals surface area contributed by atoms with Gasteiger partial charge in [0.15, 0.2) is 16.9 Å². The second-order valence-corrected chi connectivity index (χ2v) is 7.54. The van der Waals surface area contributed by atoms with Gasteiger partial charge in [-0.25, -0.2) is 9.78 Å². The number of amides is 1. The summed E-state index contributed by atoms with van der Waals surface area (Å²) in [5.41, 5.74) is 3.93. The van der Waals surface area contributed by atoms with E-state index in [1.165, 1.54) is 11.3 Å². The van der Waals surface area contributed by atoms with Crippen LogP contribution >= 0.6 is 11.3 Å². The number of carbonyl (C=O) groups is 2. The largest absolute Gasteiger partial charge is 0.448 e. The van der Waals surface area contributed by atoms with Crippen molar-refractivity contribution in [3.63, 3.8) is 0 Å². The van der Waals surface area contributed by atoms with Crippen LogP contribution in [0.15, 0.2) is 53.9 Å². The molecule has 3 aromatic rings. The average Bonchev–Trinajstić information content (AvgIpc) is 3.19. The van der Waals surface area contributed by atoms with Gasteiger partial charge in [-0.15, -0.1) is 11.3 Å². The molecule has 150 valence electrons. The molecule has 0 aliphatic heterocycles. The van der Waals surface area contributed by atoms with Gasteiger partial charge in [-0.1, -0.05) is 48.5 Å². The van der Waals surface area contributed by atoms with E-state index in [0.29, 0.717) is 11.7 Å². The van der Waals surface area contributed by atoms with Crippen LogP contribution < -0.4 is 10.6 Å². The average molecular weight is 410 g/mol. The number of benzene rings is 2. The monoisotopic (exact) mass is 409 g/mol. The van der Waals surface area contributed by atoms with Gasteiger partial charge in [-0.2, -0.15) is 0 Å².